The Hall–Kier alpha value is -4.90. The number of H-pyrrole nitrogens is 2. The first-order valence-electron chi connectivity index (χ1n) is 14.7. The number of alkyl halides is 3. The minimum atomic E-state index is -4.78. The van der Waals surface area contributed by atoms with Gasteiger partial charge >= 0.3 is 6.18 Å². The Labute approximate surface area is 256 Å². The van der Waals surface area contributed by atoms with E-state index in [1.165, 1.54) is 30.5 Å². The summed E-state index contributed by atoms with van der Waals surface area (Å²) in [6.45, 7) is 2.27. The Balaban J connectivity index is 1.28. The Bertz CT molecular complexity index is 1940. The van der Waals surface area contributed by atoms with E-state index in [0.29, 0.717) is 30.4 Å². The van der Waals surface area contributed by atoms with Crippen molar-refractivity contribution in [2.75, 3.05) is 25.0 Å². The average Bonchev–Trinajstić information content (AvgIpc) is 3.64. The number of hydrogen-bond acceptors (Lipinski definition) is 3. The van der Waals surface area contributed by atoms with E-state index in [9.17, 15) is 27.2 Å². The van der Waals surface area contributed by atoms with E-state index in [1.807, 2.05) is 17.2 Å². The lowest BCUT2D eigenvalue weighted by atomic mass is 9.92. The maximum atomic E-state index is 14.8. The Morgan fingerprint density at radius 1 is 0.933 bits per heavy atom. The number of halogens is 4. The van der Waals surface area contributed by atoms with Crippen LogP contribution in [-0.4, -0.2) is 46.3 Å². The van der Waals surface area contributed by atoms with Crippen LogP contribution < -0.4 is 10.6 Å². The summed E-state index contributed by atoms with van der Waals surface area (Å²) < 4.78 is 58.3. The number of carbonyl (C=O) groups excluding carboxylic acids is 2. The summed E-state index contributed by atoms with van der Waals surface area (Å²) in [7, 11) is 0. The highest BCUT2D eigenvalue weighted by molar-refractivity contribution is 6.04. The van der Waals surface area contributed by atoms with Crippen LogP contribution in [0.15, 0.2) is 73.1 Å². The zero-order valence-electron chi connectivity index (χ0n) is 24.4. The van der Waals surface area contributed by atoms with Gasteiger partial charge < -0.3 is 20.6 Å². The molecule has 3 aromatic carbocycles. The van der Waals surface area contributed by atoms with Crippen LogP contribution in [-0.2, 0) is 22.3 Å². The molecule has 5 aromatic rings. The van der Waals surface area contributed by atoms with Gasteiger partial charge in [0.1, 0.15) is 5.82 Å². The van der Waals surface area contributed by atoms with Crippen molar-refractivity contribution in [1.82, 2.24) is 20.2 Å². The SMILES string of the molecule is CCC(=O)NCc1ccc(NC(=O)CN2CC=C(c3c[nH]c4ccc(F)cc34)CC2)c(-c2c[nH]c3ccccc23)c1C(F)(F)F. The molecular weight excluding hydrogens is 586 g/mol. The third kappa shape index (κ3) is 6.21. The molecule has 0 aliphatic carbocycles. The van der Waals surface area contributed by atoms with E-state index in [1.54, 1.807) is 37.3 Å². The zero-order chi connectivity index (χ0) is 31.7. The number of para-hydroxylation sites is 1. The highest BCUT2D eigenvalue weighted by Gasteiger charge is 2.38. The molecular formula is C34H31F4N5O2. The maximum Gasteiger partial charge on any atom is 0.417 e. The summed E-state index contributed by atoms with van der Waals surface area (Å²) in [5.74, 6) is -1.15. The lowest BCUT2D eigenvalue weighted by Gasteiger charge is -2.26. The maximum absolute atomic E-state index is 14.8. The molecule has 0 bridgehead atoms. The average molecular weight is 618 g/mol. The third-order valence-electron chi connectivity index (χ3n) is 8.16. The number of nitrogens with zero attached hydrogens (tertiary/aromatic N) is 1. The van der Waals surface area contributed by atoms with Crippen LogP contribution in [0.4, 0.5) is 23.2 Å². The standard InChI is InChI=1S/C34H31F4N5O2/c1-2-30(44)41-16-21-7-9-29(32(33(21)34(36,37)38)26-18-40-27-6-4-3-5-23(26)27)42-31(45)19-43-13-11-20(12-14-43)25-17-39-28-10-8-22(35)15-24(25)28/h3-11,15,17-18,39-40H,2,12-14,16,19H2,1H3,(H,41,44)(H,42,45). The van der Waals surface area contributed by atoms with Crippen LogP contribution in [0, 0.1) is 5.82 Å². The van der Waals surface area contributed by atoms with Gasteiger partial charge in [0.25, 0.3) is 0 Å². The molecule has 45 heavy (non-hydrogen) atoms. The Kier molecular flexibility index (Phi) is 8.20. The molecule has 7 nitrogen and oxygen atoms in total. The summed E-state index contributed by atoms with van der Waals surface area (Å²) in [6.07, 6.45) is 1.32. The van der Waals surface area contributed by atoms with E-state index in [-0.39, 0.29) is 53.6 Å². The van der Waals surface area contributed by atoms with Gasteiger partial charge in [-0.2, -0.15) is 13.2 Å². The number of fused-ring (bicyclic) bond motifs is 2. The van der Waals surface area contributed by atoms with E-state index >= 15 is 0 Å². The van der Waals surface area contributed by atoms with Crippen LogP contribution >= 0.6 is 0 Å². The summed E-state index contributed by atoms with van der Waals surface area (Å²) in [5, 5.41) is 6.65. The van der Waals surface area contributed by atoms with Gasteiger partial charge in [-0.25, -0.2) is 4.39 Å². The predicted molar refractivity (Wildman–Crippen MR) is 167 cm³/mol. The number of anilines is 1. The monoisotopic (exact) mass is 617 g/mol. The summed E-state index contributed by atoms with van der Waals surface area (Å²) in [4.78, 5) is 33.3. The van der Waals surface area contributed by atoms with Gasteiger partial charge in [0, 0.05) is 82.6 Å². The highest BCUT2D eigenvalue weighted by atomic mass is 19.4. The van der Waals surface area contributed by atoms with E-state index < -0.39 is 17.6 Å². The number of aromatic nitrogens is 2. The van der Waals surface area contributed by atoms with Crippen LogP contribution in [0.3, 0.4) is 0 Å². The summed E-state index contributed by atoms with van der Waals surface area (Å²) in [6, 6.07) is 14.3. The second-order valence-electron chi connectivity index (χ2n) is 11.1. The molecule has 232 valence electrons. The molecule has 6 rings (SSSR count). The number of nitrogens with one attached hydrogen (secondary N) is 4. The number of hydrogen-bond donors (Lipinski definition) is 4. The van der Waals surface area contributed by atoms with Crippen molar-refractivity contribution in [3.8, 4) is 11.1 Å². The number of carbonyl (C=O) groups is 2. The normalized spacial score (nSPS) is 14.1. The molecule has 3 heterocycles. The fourth-order valence-corrected chi connectivity index (χ4v) is 5.95. The molecule has 0 saturated carbocycles. The van der Waals surface area contributed by atoms with E-state index in [2.05, 4.69) is 20.6 Å². The first-order chi connectivity index (χ1) is 21.6. The molecule has 2 aromatic heterocycles. The van der Waals surface area contributed by atoms with Crippen LogP contribution in [0.5, 0.6) is 0 Å². The van der Waals surface area contributed by atoms with Gasteiger partial charge in [-0.05, 0) is 47.9 Å². The molecule has 0 saturated heterocycles. The summed E-state index contributed by atoms with van der Waals surface area (Å²) >= 11 is 0. The first-order valence-corrected chi connectivity index (χ1v) is 14.7. The van der Waals surface area contributed by atoms with Crippen molar-refractivity contribution < 1.29 is 27.2 Å². The van der Waals surface area contributed by atoms with E-state index in [4.69, 9.17) is 0 Å². The minimum Gasteiger partial charge on any atom is -0.361 e. The molecule has 0 unspecified atom stereocenters. The number of amides is 2. The van der Waals surface area contributed by atoms with Gasteiger partial charge in [-0.1, -0.05) is 37.3 Å². The highest BCUT2D eigenvalue weighted by Crippen LogP contribution is 2.45. The molecule has 0 radical (unpaired) electrons. The second kappa shape index (κ2) is 12.2. The van der Waals surface area contributed by atoms with Gasteiger partial charge in [0.2, 0.25) is 11.8 Å². The lowest BCUT2D eigenvalue weighted by molar-refractivity contribution is -0.138. The zero-order valence-corrected chi connectivity index (χ0v) is 24.4. The lowest BCUT2D eigenvalue weighted by Crippen LogP contribution is -2.36. The van der Waals surface area contributed by atoms with Crippen LogP contribution in [0.2, 0.25) is 0 Å². The third-order valence-corrected chi connectivity index (χ3v) is 8.16. The molecule has 0 spiro atoms. The smallest absolute Gasteiger partial charge is 0.361 e. The quantitative estimate of drug-likeness (QED) is 0.139. The molecule has 11 heteroatoms. The van der Waals surface area contributed by atoms with Gasteiger partial charge in [0.15, 0.2) is 0 Å². The van der Waals surface area contributed by atoms with E-state index in [0.717, 1.165) is 22.0 Å². The van der Waals surface area contributed by atoms with Crippen molar-refractivity contribution >= 4 is 44.9 Å². The fourth-order valence-electron chi connectivity index (χ4n) is 5.95. The summed E-state index contributed by atoms with van der Waals surface area (Å²) in [5.41, 5.74) is 2.56. The largest absolute Gasteiger partial charge is 0.417 e. The molecule has 0 atom stereocenters. The minimum absolute atomic E-state index is 0.0247. The van der Waals surface area contributed by atoms with Crippen LogP contribution in [0.1, 0.15) is 36.5 Å². The topological polar surface area (TPSA) is 93.0 Å². The predicted octanol–water partition coefficient (Wildman–Crippen LogP) is 7.23. The molecule has 0 fully saturated rings. The van der Waals surface area contributed by atoms with Gasteiger partial charge in [0.05, 0.1) is 12.1 Å². The van der Waals surface area contributed by atoms with Crippen molar-refractivity contribution in [1.29, 1.82) is 0 Å². The van der Waals surface area contributed by atoms with Crippen molar-refractivity contribution in [3.63, 3.8) is 0 Å². The molecule has 1 aliphatic rings. The molecule has 4 N–H and O–H groups in total. The fraction of sp³-hybridized carbons (Fsp3) is 0.235. The number of aromatic amines is 2. The Morgan fingerprint density at radius 2 is 1.69 bits per heavy atom. The number of rotatable bonds is 8. The molecule has 1 aliphatic heterocycles. The van der Waals surface area contributed by atoms with Crippen molar-refractivity contribution in [3.05, 3.63) is 95.6 Å². The van der Waals surface area contributed by atoms with Gasteiger partial charge in [-0.15, -0.1) is 0 Å². The van der Waals surface area contributed by atoms with Crippen molar-refractivity contribution in [2.24, 2.45) is 0 Å². The number of benzene rings is 3. The Morgan fingerprint density at radius 3 is 2.42 bits per heavy atom. The second-order valence-corrected chi connectivity index (χ2v) is 11.1. The molecule has 2 amide bonds. The van der Waals surface area contributed by atoms with Crippen molar-refractivity contribution in [2.45, 2.75) is 32.5 Å². The van der Waals surface area contributed by atoms with Gasteiger partial charge in [-0.3, -0.25) is 14.5 Å². The van der Waals surface area contributed by atoms with Crippen LogP contribution in [0.25, 0.3) is 38.5 Å². The first kappa shape index (κ1) is 30.1.